The van der Waals surface area contributed by atoms with E-state index in [0.29, 0.717) is 13.2 Å². The summed E-state index contributed by atoms with van der Waals surface area (Å²) in [6.45, 7) is 1.22. The van der Waals surface area contributed by atoms with Crippen molar-refractivity contribution in [2.75, 3.05) is 20.3 Å². The second kappa shape index (κ2) is 6.87. The molecule has 0 aromatic heterocycles. The summed E-state index contributed by atoms with van der Waals surface area (Å²) in [6, 6.07) is 0.0872. The second-order valence-electron chi connectivity index (χ2n) is 2.66. The average molecular weight is 174 g/mol. The normalized spacial score (nSPS) is 12.5. The topological polar surface area (TPSA) is 99.6 Å². The third-order valence-electron chi connectivity index (χ3n) is 1.41. The lowest BCUT2D eigenvalue weighted by molar-refractivity contribution is 0.176. The third kappa shape index (κ3) is 7.30. The summed E-state index contributed by atoms with van der Waals surface area (Å²) in [4.78, 5) is 3.83. The predicted molar refractivity (Wildman–Crippen MR) is 49.8 cm³/mol. The summed E-state index contributed by atoms with van der Waals surface area (Å²) < 4.78 is 4.87. The van der Waals surface area contributed by atoms with Crippen LogP contribution in [0, 0.1) is 0 Å². The molecule has 0 heterocycles. The van der Waals surface area contributed by atoms with E-state index in [1.54, 1.807) is 7.11 Å². The first-order chi connectivity index (χ1) is 5.66. The number of ether oxygens (including phenoxy) is 1. The number of hydrogen-bond acceptors (Lipinski definition) is 3. The first-order valence-electron chi connectivity index (χ1n) is 3.96. The Kier molecular flexibility index (Phi) is 6.41. The van der Waals surface area contributed by atoms with E-state index in [1.807, 2.05) is 0 Å². The Morgan fingerprint density at radius 3 is 2.67 bits per heavy atom. The molecule has 1 unspecified atom stereocenters. The number of guanidine groups is 1. The fourth-order valence-corrected chi connectivity index (χ4v) is 0.859. The molecule has 0 aromatic rings. The van der Waals surface area contributed by atoms with Crippen LogP contribution in [0.3, 0.4) is 0 Å². The highest BCUT2D eigenvalue weighted by Gasteiger charge is 1.99. The van der Waals surface area contributed by atoms with Crippen LogP contribution < -0.4 is 17.2 Å². The monoisotopic (exact) mass is 174 g/mol. The molecule has 0 radical (unpaired) electrons. The first kappa shape index (κ1) is 11.2. The van der Waals surface area contributed by atoms with Crippen LogP contribution in [0.4, 0.5) is 0 Å². The Morgan fingerprint density at radius 1 is 1.50 bits per heavy atom. The second-order valence-corrected chi connectivity index (χ2v) is 2.66. The van der Waals surface area contributed by atoms with Gasteiger partial charge in [-0.25, -0.2) is 0 Å². The highest BCUT2D eigenvalue weighted by molar-refractivity contribution is 5.75. The molecule has 0 aliphatic rings. The molecule has 0 aliphatic carbocycles. The number of hydrogen-bond donors (Lipinski definition) is 3. The summed E-state index contributed by atoms with van der Waals surface area (Å²) in [5.74, 6) is 0.135. The molecule has 0 rings (SSSR count). The van der Waals surface area contributed by atoms with Crippen molar-refractivity contribution < 1.29 is 4.74 Å². The van der Waals surface area contributed by atoms with Gasteiger partial charge in [-0.15, -0.1) is 0 Å². The summed E-state index contributed by atoms with van der Waals surface area (Å²) in [7, 11) is 1.63. The largest absolute Gasteiger partial charge is 0.383 e. The minimum absolute atomic E-state index is 0.0872. The van der Waals surface area contributed by atoms with Crippen LogP contribution in [0.15, 0.2) is 4.99 Å². The molecule has 5 nitrogen and oxygen atoms in total. The molecule has 1 atom stereocenters. The Morgan fingerprint density at radius 2 is 2.17 bits per heavy atom. The molecule has 12 heavy (non-hydrogen) atoms. The fourth-order valence-electron chi connectivity index (χ4n) is 0.859. The number of rotatable bonds is 6. The maximum absolute atomic E-state index is 5.67. The quantitative estimate of drug-likeness (QED) is 0.273. The molecule has 0 saturated heterocycles. The highest BCUT2D eigenvalue weighted by atomic mass is 16.5. The Bertz CT molecular complexity index is 133. The van der Waals surface area contributed by atoms with Crippen molar-refractivity contribution in [2.24, 2.45) is 22.2 Å². The van der Waals surface area contributed by atoms with Crippen molar-refractivity contribution in [3.63, 3.8) is 0 Å². The Hall–Kier alpha value is -0.810. The number of nitrogens with zero attached hydrogens (tertiary/aromatic N) is 1. The van der Waals surface area contributed by atoms with Crippen molar-refractivity contribution in [3.8, 4) is 0 Å². The van der Waals surface area contributed by atoms with Gasteiger partial charge in [0.2, 0.25) is 0 Å². The van der Waals surface area contributed by atoms with Gasteiger partial charge in [0.25, 0.3) is 0 Å². The molecule has 0 aliphatic heterocycles. The van der Waals surface area contributed by atoms with Gasteiger partial charge < -0.3 is 21.9 Å². The zero-order chi connectivity index (χ0) is 9.40. The van der Waals surface area contributed by atoms with Gasteiger partial charge in [-0.3, -0.25) is 4.99 Å². The lowest BCUT2D eigenvalue weighted by atomic mass is 10.2. The van der Waals surface area contributed by atoms with E-state index in [0.717, 1.165) is 12.8 Å². The van der Waals surface area contributed by atoms with E-state index in [1.165, 1.54) is 0 Å². The van der Waals surface area contributed by atoms with E-state index < -0.39 is 0 Å². The molecule has 0 spiro atoms. The van der Waals surface area contributed by atoms with Gasteiger partial charge in [0, 0.05) is 19.7 Å². The van der Waals surface area contributed by atoms with Gasteiger partial charge >= 0.3 is 0 Å². The zero-order valence-corrected chi connectivity index (χ0v) is 7.49. The molecule has 0 fully saturated rings. The summed E-state index contributed by atoms with van der Waals surface area (Å²) >= 11 is 0. The summed E-state index contributed by atoms with van der Waals surface area (Å²) in [6.07, 6.45) is 1.77. The fraction of sp³-hybridized carbons (Fsp3) is 0.857. The van der Waals surface area contributed by atoms with Crippen molar-refractivity contribution in [1.82, 2.24) is 0 Å². The molecule has 6 N–H and O–H groups in total. The standard InChI is InChI=1S/C7H18N4O/c1-12-5-6(8)3-2-4-11-7(9)10/h6H,2-5,8H2,1H3,(H4,9,10,11). The minimum atomic E-state index is 0.0872. The average Bonchev–Trinajstić information content (AvgIpc) is 1.98. The predicted octanol–water partition coefficient (Wildman–Crippen LogP) is -0.986. The molecule has 5 heteroatoms. The first-order valence-corrected chi connectivity index (χ1v) is 3.96. The third-order valence-corrected chi connectivity index (χ3v) is 1.41. The van der Waals surface area contributed by atoms with Crippen molar-refractivity contribution in [1.29, 1.82) is 0 Å². The zero-order valence-electron chi connectivity index (χ0n) is 7.49. The lowest BCUT2D eigenvalue weighted by Gasteiger charge is -2.08. The van der Waals surface area contributed by atoms with E-state index in [9.17, 15) is 0 Å². The SMILES string of the molecule is COCC(N)CCCN=C(N)N. The van der Waals surface area contributed by atoms with E-state index in [2.05, 4.69) is 4.99 Å². The van der Waals surface area contributed by atoms with E-state index in [4.69, 9.17) is 21.9 Å². The van der Waals surface area contributed by atoms with Crippen LogP contribution in [-0.2, 0) is 4.74 Å². The van der Waals surface area contributed by atoms with Crippen LogP contribution in [0.5, 0.6) is 0 Å². The van der Waals surface area contributed by atoms with Crippen LogP contribution in [0.25, 0.3) is 0 Å². The molecule has 72 valence electrons. The van der Waals surface area contributed by atoms with Gasteiger partial charge in [-0.1, -0.05) is 0 Å². The summed E-state index contributed by atoms with van der Waals surface area (Å²) in [5, 5.41) is 0. The maximum atomic E-state index is 5.67. The van der Waals surface area contributed by atoms with Gasteiger partial charge in [-0.05, 0) is 12.8 Å². The van der Waals surface area contributed by atoms with E-state index in [-0.39, 0.29) is 12.0 Å². The van der Waals surface area contributed by atoms with Gasteiger partial charge in [0.05, 0.1) is 6.61 Å². The van der Waals surface area contributed by atoms with Crippen LogP contribution in [-0.4, -0.2) is 32.3 Å². The van der Waals surface area contributed by atoms with Gasteiger partial charge in [0.1, 0.15) is 0 Å². The summed E-state index contributed by atoms with van der Waals surface area (Å²) in [5.41, 5.74) is 15.9. The molecule has 0 bridgehead atoms. The van der Waals surface area contributed by atoms with Crippen LogP contribution in [0.1, 0.15) is 12.8 Å². The molecular weight excluding hydrogens is 156 g/mol. The minimum Gasteiger partial charge on any atom is -0.383 e. The van der Waals surface area contributed by atoms with Crippen molar-refractivity contribution in [3.05, 3.63) is 0 Å². The van der Waals surface area contributed by atoms with Gasteiger partial charge in [-0.2, -0.15) is 0 Å². The molecule has 0 amide bonds. The van der Waals surface area contributed by atoms with E-state index >= 15 is 0 Å². The van der Waals surface area contributed by atoms with Crippen molar-refractivity contribution >= 4 is 5.96 Å². The number of aliphatic imine (C=N–C) groups is 1. The molecule has 0 saturated carbocycles. The van der Waals surface area contributed by atoms with Gasteiger partial charge in [0.15, 0.2) is 5.96 Å². The molecule has 0 aromatic carbocycles. The van der Waals surface area contributed by atoms with Crippen LogP contribution in [0.2, 0.25) is 0 Å². The Labute approximate surface area is 73.0 Å². The van der Waals surface area contributed by atoms with Crippen molar-refractivity contribution in [2.45, 2.75) is 18.9 Å². The molecular formula is C7H18N4O. The Balaban J connectivity index is 3.25. The number of nitrogens with two attached hydrogens (primary N) is 3. The maximum Gasteiger partial charge on any atom is 0.185 e. The smallest absolute Gasteiger partial charge is 0.185 e. The highest BCUT2D eigenvalue weighted by Crippen LogP contribution is 1.94. The van der Waals surface area contributed by atoms with Crippen LogP contribution >= 0.6 is 0 Å². The number of methoxy groups -OCH3 is 1. The lowest BCUT2D eigenvalue weighted by Crippen LogP contribution is -2.26.